The summed E-state index contributed by atoms with van der Waals surface area (Å²) in [5.41, 5.74) is 9.92. The molecular weight excluding hydrogens is 222 g/mol. The van der Waals surface area contributed by atoms with E-state index < -0.39 is 0 Å². The molecule has 0 aliphatic carbocycles. The molecule has 0 fully saturated rings. The largest absolute Gasteiger partial charge is 0.326 e. The lowest BCUT2D eigenvalue weighted by Gasteiger charge is -2.19. The zero-order valence-corrected chi connectivity index (χ0v) is 10.6. The number of nitrogens with zero attached hydrogens (tertiary/aromatic N) is 1. The highest BCUT2D eigenvalue weighted by molar-refractivity contribution is 5.61. The SMILES string of the molecule is CCc1ccc(N(N)c2ccc(CN)cc2)cc1. The summed E-state index contributed by atoms with van der Waals surface area (Å²) in [6, 6.07) is 16.2. The average molecular weight is 241 g/mol. The summed E-state index contributed by atoms with van der Waals surface area (Å²) in [6.07, 6.45) is 1.04. The standard InChI is InChI=1S/C15H19N3/c1-2-12-3-7-14(8-4-12)18(17)15-9-5-13(11-16)6-10-15/h3-10H,2,11,16-17H2,1H3. The molecule has 0 aliphatic rings. The molecule has 0 saturated carbocycles. The minimum Gasteiger partial charge on any atom is -0.326 e. The molecule has 0 bridgehead atoms. The minimum absolute atomic E-state index is 0.552. The molecule has 0 unspecified atom stereocenters. The molecule has 0 spiro atoms. The van der Waals surface area contributed by atoms with E-state index in [-0.39, 0.29) is 0 Å². The smallest absolute Gasteiger partial charge is 0.0575 e. The number of hydrogen-bond acceptors (Lipinski definition) is 3. The van der Waals surface area contributed by atoms with Crippen LogP contribution in [0.3, 0.4) is 0 Å². The van der Waals surface area contributed by atoms with E-state index >= 15 is 0 Å². The van der Waals surface area contributed by atoms with Gasteiger partial charge < -0.3 is 5.73 Å². The molecule has 2 aromatic carbocycles. The number of rotatable bonds is 4. The van der Waals surface area contributed by atoms with Crippen molar-refractivity contribution in [3.05, 3.63) is 59.7 Å². The average Bonchev–Trinajstić information content (AvgIpc) is 2.47. The topological polar surface area (TPSA) is 55.3 Å². The molecule has 2 aromatic rings. The number of benzene rings is 2. The molecule has 18 heavy (non-hydrogen) atoms. The van der Waals surface area contributed by atoms with Crippen molar-refractivity contribution in [3.63, 3.8) is 0 Å². The van der Waals surface area contributed by atoms with Crippen LogP contribution >= 0.6 is 0 Å². The molecule has 2 rings (SSSR count). The van der Waals surface area contributed by atoms with Crippen LogP contribution in [0.2, 0.25) is 0 Å². The Hall–Kier alpha value is -1.84. The van der Waals surface area contributed by atoms with E-state index in [2.05, 4.69) is 19.1 Å². The molecule has 3 nitrogen and oxygen atoms in total. The van der Waals surface area contributed by atoms with E-state index in [9.17, 15) is 0 Å². The molecule has 4 N–H and O–H groups in total. The monoisotopic (exact) mass is 241 g/mol. The van der Waals surface area contributed by atoms with Crippen molar-refractivity contribution in [1.82, 2.24) is 0 Å². The summed E-state index contributed by atoms with van der Waals surface area (Å²) in [4.78, 5) is 0. The number of hydrogen-bond donors (Lipinski definition) is 2. The van der Waals surface area contributed by atoms with Gasteiger partial charge in [-0.3, -0.25) is 5.01 Å². The summed E-state index contributed by atoms with van der Waals surface area (Å²) in [6.45, 7) is 2.69. The Morgan fingerprint density at radius 1 is 0.833 bits per heavy atom. The molecular formula is C15H19N3. The Morgan fingerprint density at radius 3 is 1.67 bits per heavy atom. The first-order valence-electron chi connectivity index (χ1n) is 6.17. The zero-order valence-electron chi connectivity index (χ0n) is 10.6. The van der Waals surface area contributed by atoms with Gasteiger partial charge in [0.15, 0.2) is 0 Å². The second-order valence-electron chi connectivity index (χ2n) is 4.26. The van der Waals surface area contributed by atoms with Crippen LogP contribution in [-0.4, -0.2) is 0 Å². The molecule has 0 heterocycles. The van der Waals surface area contributed by atoms with Gasteiger partial charge in [-0.2, -0.15) is 0 Å². The molecule has 0 atom stereocenters. The molecule has 0 radical (unpaired) electrons. The molecule has 3 heteroatoms. The van der Waals surface area contributed by atoms with Crippen LogP contribution in [0.25, 0.3) is 0 Å². The number of anilines is 2. The van der Waals surface area contributed by atoms with E-state index in [1.807, 2.05) is 36.4 Å². The van der Waals surface area contributed by atoms with Crippen molar-refractivity contribution in [2.24, 2.45) is 11.6 Å². The summed E-state index contributed by atoms with van der Waals surface area (Å²) < 4.78 is 0. The Morgan fingerprint density at radius 2 is 1.28 bits per heavy atom. The van der Waals surface area contributed by atoms with Gasteiger partial charge in [-0.1, -0.05) is 31.2 Å². The zero-order chi connectivity index (χ0) is 13.0. The van der Waals surface area contributed by atoms with Crippen molar-refractivity contribution in [2.45, 2.75) is 19.9 Å². The van der Waals surface area contributed by atoms with E-state index in [4.69, 9.17) is 11.6 Å². The van der Waals surface area contributed by atoms with Crippen molar-refractivity contribution < 1.29 is 0 Å². The van der Waals surface area contributed by atoms with Gasteiger partial charge in [0.25, 0.3) is 0 Å². The van der Waals surface area contributed by atoms with Crippen molar-refractivity contribution in [3.8, 4) is 0 Å². The third kappa shape index (κ3) is 2.70. The maximum Gasteiger partial charge on any atom is 0.0575 e. The lowest BCUT2D eigenvalue weighted by Crippen LogP contribution is -2.24. The fourth-order valence-electron chi connectivity index (χ4n) is 1.83. The van der Waals surface area contributed by atoms with Gasteiger partial charge >= 0.3 is 0 Å². The molecule has 0 saturated heterocycles. The minimum atomic E-state index is 0.552. The Labute approximate surface area is 108 Å². The van der Waals surface area contributed by atoms with Gasteiger partial charge in [0, 0.05) is 6.54 Å². The van der Waals surface area contributed by atoms with Crippen LogP contribution in [-0.2, 0) is 13.0 Å². The van der Waals surface area contributed by atoms with Gasteiger partial charge in [-0.15, -0.1) is 0 Å². The number of hydrazine groups is 1. The highest BCUT2D eigenvalue weighted by Gasteiger charge is 2.04. The van der Waals surface area contributed by atoms with Crippen molar-refractivity contribution in [1.29, 1.82) is 0 Å². The Bertz CT molecular complexity index is 441. The number of aryl methyl sites for hydroxylation is 1. The van der Waals surface area contributed by atoms with Crippen LogP contribution in [0.4, 0.5) is 11.4 Å². The number of nitrogens with two attached hydrogens (primary N) is 2. The maximum absolute atomic E-state index is 6.10. The highest BCUT2D eigenvalue weighted by atomic mass is 15.4. The molecule has 0 amide bonds. The van der Waals surface area contributed by atoms with Gasteiger partial charge in [-0.05, 0) is 41.8 Å². The van der Waals surface area contributed by atoms with Gasteiger partial charge in [-0.25, -0.2) is 5.84 Å². The van der Waals surface area contributed by atoms with E-state index in [1.54, 1.807) is 5.01 Å². The Balaban J connectivity index is 2.20. The van der Waals surface area contributed by atoms with Crippen LogP contribution in [0.1, 0.15) is 18.1 Å². The van der Waals surface area contributed by atoms with Crippen molar-refractivity contribution in [2.75, 3.05) is 5.01 Å². The maximum atomic E-state index is 6.10. The second-order valence-corrected chi connectivity index (χ2v) is 4.26. The first-order chi connectivity index (χ1) is 8.74. The summed E-state index contributed by atoms with van der Waals surface area (Å²) >= 11 is 0. The molecule has 0 aromatic heterocycles. The summed E-state index contributed by atoms with van der Waals surface area (Å²) in [5.74, 6) is 6.10. The van der Waals surface area contributed by atoms with Gasteiger partial charge in [0.1, 0.15) is 0 Å². The lowest BCUT2D eigenvalue weighted by molar-refractivity contribution is 1.05. The fourth-order valence-corrected chi connectivity index (χ4v) is 1.83. The highest BCUT2D eigenvalue weighted by Crippen LogP contribution is 2.22. The summed E-state index contributed by atoms with van der Waals surface area (Å²) in [5, 5.41) is 1.68. The molecule has 94 valence electrons. The van der Waals surface area contributed by atoms with E-state index in [0.29, 0.717) is 6.54 Å². The van der Waals surface area contributed by atoms with Crippen LogP contribution in [0.5, 0.6) is 0 Å². The molecule has 0 aliphatic heterocycles. The van der Waals surface area contributed by atoms with Gasteiger partial charge in [0.05, 0.1) is 11.4 Å². The predicted octanol–water partition coefficient (Wildman–Crippen LogP) is 2.72. The first-order valence-corrected chi connectivity index (χ1v) is 6.17. The van der Waals surface area contributed by atoms with E-state index in [1.165, 1.54) is 5.56 Å². The third-order valence-corrected chi connectivity index (χ3v) is 3.07. The van der Waals surface area contributed by atoms with Crippen molar-refractivity contribution >= 4 is 11.4 Å². The normalized spacial score (nSPS) is 10.4. The van der Waals surface area contributed by atoms with Crippen LogP contribution < -0.4 is 16.6 Å². The fraction of sp³-hybridized carbons (Fsp3) is 0.200. The quantitative estimate of drug-likeness (QED) is 0.639. The third-order valence-electron chi connectivity index (χ3n) is 3.07. The van der Waals surface area contributed by atoms with Crippen LogP contribution in [0.15, 0.2) is 48.5 Å². The lowest BCUT2D eigenvalue weighted by atomic mass is 10.1. The van der Waals surface area contributed by atoms with Gasteiger partial charge in [0.2, 0.25) is 0 Å². The predicted molar refractivity (Wildman–Crippen MR) is 76.5 cm³/mol. The Kier molecular flexibility index (Phi) is 3.97. The second kappa shape index (κ2) is 5.67. The summed E-state index contributed by atoms with van der Waals surface area (Å²) in [7, 11) is 0. The first kappa shape index (κ1) is 12.6. The van der Waals surface area contributed by atoms with E-state index in [0.717, 1.165) is 23.4 Å². The van der Waals surface area contributed by atoms with Crippen LogP contribution in [0, 0.1) is 0 Å².